The fourth-order valence-electron chi connectivity index (χ4n) is 3.75. The van der Waals surface area contributed by atoms with Gasteiger partial charge in [0.1, 0.15) is 10.9 Å². The van der Waals surface area contributed by atoms with Crippen molar-refractivity contribution >= 4 is 40.0 Å². The minimum atomic E-state index is -0.253. The second-order valence-corrected chi connectivity index (χ2v) is 8.44. The van der Waals surface area contributed by atoms with Gasteiger partial charge in [-0.1, -0.05) is 37.7 Å². The lowest BCUT2D eigenvalue weighted by Gasteiger charge is -2.26. The first kappa shape index (κ1) is 20.5. The van der Waals surface area contributed by atoms with Crippen molar-refractivity contribution in [2.75, 3.05) is 11.4 Å². The second-order valence-electron chi connectivity index (χ2n) is 7.25. The molecule has 3 heterocycles. The molecule has 0 unspecified atom stereocenters. The Hall–Kier alpha value is -2.80. The normalized spacial score (nSPS) is 12.5. The van der Waals surface area contributed by atoms with Crippen LogP contribution in [0, 0.1) is 6.92 Å². The van der Waals surface area contributed by atoms with E-state index in [-0.39, 0.29) is 11.2 Å². The summed E-state index contributed by atoms with van der Waals surface area (Å²) in [4.78, 5) is 15.3. The summed E-state index contributed by atoms with van der Waals surface area (Å²) in [6.45, 7) is 8.76. The highest BCUT2D eigenvalue weighted by atomic mass is 32.2. The molecule has 7 heteroatoms. The summed E-state index contributed by atoms with van der Waals surface area (Å²) >= 11 is 1.48. The van der Waals surface area contributed by atoms with Crippen LogP contribution in [0.5, 0.6) is 0 Å². The summed E-state index contributed by atoms with van der Waals surface area (Å²) in [5, 5.41) is 9.41. The zero-order chi connectivity index (χ0) is 21.3. The Morgan fingerprint density at radius 2 is 2.00 bits per heavy atom. The fraction of sp³-hybridized carbons (Fsp3) is 0.348. The van der Waals surface area contributed by atoms with Crippen molar-refractivity contribution in [1.82, 2.24) is 14.6 Å². The standard InChI is InChI=1S/C23H26N4O2S/c1-5-20(23(28)26(7-3)16-10-8-9-15(4)13-16)30-22-18-14-19-17(11-12-29-19)27(18)21(6-2)24-25-22/h8-14,20H,5-7H2,1-4H3/t20-/m1/s1. The summed E-state index contributed by atoms with van der Waals surface area (Å²) in [7, 11) is 0. The minimum absolute atomic E-state index is 0.0883. The molecule has 156 valence electrons. The SMILES string of the molecule is CCc1nnc(S[C@H](CC)C(=O)N(CC)c2cccc(C)c2)c2cc3occc3n12. The summed E-state index contributed by atoms with van der Waals surface area (Å²) in [5.41, 5.74) is 4.78. The predicted octanol–water partition coefficient (Wildman–Crippen LogP) is 5.27. The molecule has 6 nitrogen and oxygen atoms in total. The molecule has 1 atom stereocenters. The quantitative estimate of drug-likeness (QED) is 0.380. The van der Waals surface area contributed by atoms with Gasteiger partial charge in [-0.05, 0) is 38.0 Å². The van der Waals surface area contributed by atoms with E-state index >= 15 is 0 Å². The van der Waals surface area contributed by atoms with Crippen molar-refractivity contribution in [3.8, 4) is 0 Å². The smallest absolute Gasteiger partial charge is 0.240 e. The number of nitrogens with zero attached hydrogens (tertiary/aromatic N) is 4. The number of thioether (sulfide) groups is 1. The lowest BCUT2D eigenvalue weighted by atomic mass is 10.2. The Bertz CT molecular complexity index is 1200. The first-order valence-corrected chi connectivity index (χ1v) is 11.2. The highest BCUT2D eigenvalue weighted by Gasteiger charge is 2.26. The van der Waals surface area contributed by atoms with Gasteiger partial charge in [0.05, 0.1) is 22.5 Å². The molecule has 30 heavy (non-hydrogen) atoms. The van der Waals surface area contributed by atoms with Crippen molar-refractivity contribution < 1.29 is 9.21 Å². The van der Waals surface area contributed by atoms with Crippen LogP contribution in [0.25, 0.3) is 16.6 Å². The van der Waals surface area contributed by atoms with Crippen LogP contribution >= 0.6 is 11.8 Å². The molecule has 0 saturated heterocycles. The minimum Gasteiger partial charge on any atom is -0.463 e. The maximum absolute atomic E-state index is 13.4. The number of hydrogen-bond acceptors (Lipinski definition) is 5. The van der Waals surface area contributed by atoms with Crippen molar-refractivity contribution in [1.29, 1.82) is 0 Å². The molecule has 4 rings (SSSR count). The summed E-state index contributed by atoms with van der Waals surface area (Å²) < 4.78 is 7.69. The summed E-state index contributed by atoms with van der Waals surface area (Å²) in [6.07, 6.45) is 3.14. The van der Waals surface area contributed by atoms with Crippen LogP contribution in [0.15, 0.2) is 52.1 Å². The molecule has 1 aromatic carbocycles. The zero-order valence-electron chi connectivity index (χ0n) is 17.8. The fourth-order valence-corrected chi connectivity index (χ4v) is 4.77. The van der Waals surface area contributed by atoms with Crippen LogP contribution in [0.3, 0.4) is 0 Å². The molecule has 0 spiro atoms. The number of carbonyl (C=O) groups is 1. The number of aryl methyl sites for hydroxylation is 2. The Morgan fingerprint density at radius 3 is 2.70 bits per heavy atom. The molecule has 0 N–H and O–H groups in total. The third-order valence-corrected chi connectivity index (χ3v) is 6.60. The molecule has 0 aliphatic carbocycles. The van der Waals surface area contributed by atoms with Crippen LogP contribution in [0.4, 0.5) is 5.69 Å². The number of amides is 1. The topological polar surface area (TPSA) is 63.6 Å². The van der Waals surface area contributed by atoms with E-state index < -0.39 is 0 Å². The third-order valence-electron chi connectivity index (χ3n) is 5.27. The van der Waals surface area contributed by atoms with E-state index in [1.165, 1.54) is 11.8 Å². The number of aromatic nitrogens is 3. The number of anilines is 1. The molecule has 1 amide bonds. The molecule has 0 aliphatic heterocycles. The molecule has 3 aromatic heterocycles. The molecule has 0 bridgehead atoms. The van der Waals surface area contributed by atoms with Gasteiger partial charge in [0.25, 0.3) is 0 Å². The largest absolute Gasteiger partial charge is 0.463 e. The van der Waals surface area contributed by atoms with E-state index in [9.17, 15) is 4.79 Å². The lowest BCUT2D eigenvalue weighted by molar-refractivity contribution is -0.118. The van der Waals surface area contributed by atoms with E-state index in [1.54, 1.807) is 6.26 Å². The van der Waals surface area contributed by atoms with Gasteiger partial charge in [-0.25, -0.2) is 0 Å². The van der Waals surface area contributed by atoms with E-state index in [4.69, 9.17) is 4.42 Å². The maximum Gasteiger partial charge on any atom is 0.240 e. The third kappa shape index (κ3) is 3.58. The van der Waals surface area contributed by atoms with Gasteiger partial charge in [-0.2, -0.15) is 0 Å². The van der Waals surface area contributed by atoms with Crippen LogP contribution in [-0.4, -0.2) is 32.3 Å². The molecule has 4 aromatic rings. The van der Waals surface area contributed by atoms with Crippen molar-refractivity contribution in [3.63, 3.8) is 0 Å². The van der Waals surface area contributed by atoms with Crippen molar-refractivity contribution in [2.24, 2.45) is 0 Å². The average Bonchev–Trinajstić information content (AvgIpc) is 3.34. The second kappa shape index (κ2) is 8.52. The van der Waals surface area contributed by atoms with Gasteiger partial charge >= 0.3 is 0 Å². The lowest BCUT2D eigenvalue weighted by Crippen LogP contribution is -2.37. The van der Waals surface area contributed by atoms with Gasteiger partial charge in [-0.3, -0.25) is 9.20 Å². The maximum atomic E-state index is 13.4. The number of fused-ring (bicyclic) bond motifs is 3. The number of carbonyl (C=O) groups excluding carboxylic acids is 1. The van der Waals surface area contributed by atoms with Crippen LogP contribution in [-0.2, 0) is 11.2 Å². The molecule has 0 aliphatic rings. The van der Waals surface area contributed by atoms with Crippen molar-refractivity contribution in [2.45, 2.75) is 50.8 Å². The van der Waals surface area contributed by atoms with Crippen LogP contribution in [0.2, 0.25) is 0 Å². The van der Waals surface area contributed by atoms with Gasteiger partial charge in [0.2, 0.25) is 5.91 Å². The molecule has 0 saturated carbocycles. The monoisotopic (exact) mass is 422 g/mol. The first-order valence-electron chi connectivity index (χ1n) is 10.4. The molecular formula is C23H26N4O2S. The van der Waals surface area contributed by atoms with Gasteiger partial charge < -0.3 is 9.32 Å². The highest BCUT2D eigenvalue weighted by molar-refractivity contribution is 8.00. The number of furan rings is 1. The highest BCUT2D eigenvalue weighted by Crippen LogP contribution is 2.33. The number of hydrogen-bond donors (Lipinski definition) is 0. The summed E-state index contributed by atoms with van der Waals surface area (Å²) in [5.74, 6) is 0.963. The Labute approximate surface area is 180 Å². The zero-order valence-corrected chi connectivity index (χ0v) is 18.6. The molecule has 0 fully saturated rings. The van der Waals surface area contributed by atoms with Crippen LogP contribution in [0.1, 0.15) is 38.6 Å². The molecular weight excluding hydrogens is 396 g/mol. The summed E-state index contributed by atoms with van der Waals surface area (Å²) in [6, 6.07) is 12.0. The van der Waals surface area contributed by atoms with E-state index in [0.717, 1.165) is 45.1 Å². The van der Waals surface area contributed by atoms with Crippen LogP contribution < -0.4 is 4.90 Å². The Balaban J connectivity index is 1.69. The predicted molar refractivity (Wildman–Crippen MR) is 121 cm³/mol. The Kier molecular flexibility index (Phi) is 5.81. The van der Waals surface area contributed by atoms with E-state index in [0.29, 0.717) is 13.0 Å². The number of benzene rings is 1. The van der Waals surface area contributed by atoms with Gasteiger partial charge in [-0.15, -0.1) is 10.2 Å². The number of rotatable bonds is 7. The Morgan fingerprint density at radius 1 is 1.17 bits per heavy atom. The van der Waals surface area contributed by atoms with Gasteiger partial charge in [0.15, 0.2) is 5.58 Å². The average molecular weight is 423 g/mol. The van der Waals surface area contributed by atoms with Crippen molar-refractivity contribution in [3.05, 3.63) is 54.0 Å². The van der Waals surface area contributed by atoms with Gasteiger partial charge in [0, 0.05) is 30.8 Å². The molecule has 0 radical (unpaired) electrons. The van der Waals surface area contributed by atoms with E-state index in [2.05, 4.69) is 21.5 Å². The first-order chi connectivity index (χ1) is 14.6. The van der Waals surface area contributed by atoms with E-state index in [1.807, 2.05) is 62.1 Å².